The number of nitrogens with zero attached hydrogens (tertiary/aromatic N) is 1. The SMILES string of the molecule is CC/C=C/N1C(=O)CC[C@H]1/C=C/CCC. The second-order valence-corrected chi connectivity index (χ2v) is 3.92. The van der Waals surface area contributed by atoms with Gasteiger partial charge < -0.3 is 4.90 Å². The summed E-state index contributed by atoms with van der Waals surface area (Å²) in [5, 5.41) is 0. The summed E-state index contributed by atoms with van der Waals surface area (Å²) < 4.78 is 0. The van der Waals surface area contributed by atoms with Crippen molar-refractivity contribution in [1.29, 1.82) is 0 Å². The first kappa shape index (κ1) is 12.0. The van der Waals surface area contributed by atoms with Crippen molar-refractivity contribution in [2.75, 3.05) is 0 Å². The molecule has 84 valence electrons. The highest BCUT2D eigenvalue weighted by atomic mass is 16.2. The van der Waals surface area contributed by atoms with E-state index < -0.39 is 0 Å². The zero-order valence-corrected chi connectivity index (χ0v) is 9.78. The fraction of sp³-hybridized carbons (Fsp3) is 0.615. The summed E-state index contributed by atoms with van der Waals surface area (Å²) in [6.07, 6.45) is 13.3. The van der Waals surface area contributed by atoms with Gasteiger partial charge in [0, 0.05) is 12.6 Å². The number of unbranched alkanes of at least 4 members (excludes halogenated alkanes) is 1. The Morgan fingerprint density at radius 3 is 2.87 bits per heavy atom. The van der Waals surface area contributed by atoms with Crippen molar-refractivity contribution in [2.24, 2.45) is 0 Å². The van der Waals surface area contributed by atoms with E-state index >= 15 is 0 Å². The van der Waals surface area contributed by atoms with Crippen LogP contribution in [0.15, 0.2) is 24.4 Å². The standard InChI is InChI=1S/C13H21NO/c1-3-5-7-8-12-9-10-13(15)14(12)11-6-4-2/h6-8,11-12H,3-5,9-10H2,1-2H3/b8-7+,11-6+/t12-/m1/s1. The van der Waals surface area contributed by atoms with Crippen molar-refractivity contribution in [2.45, 2.75) is 52.0 Å². The van der Waals surface area contributed by atoms with Crippen LogP contribution >= 0.6 is 0 Å². The maximum Gasteiger partial charge on any atom is 0.227 e. The number of hydrogen-bond donors (Lipinski definition) is 0. The van der Waals surface area contributed by atoms with Crippen molar-refractivity contribution in [3.63, 3.8) is 0 Å². The monoisotopic (exact) mass is 207 g/mol. The molecule has 0 unspecified atom stereocenters. The molecule has 0 bridgehead atoms. The van der Waals surface area contributed by atoms with E-state index in [1.165, 1.54) is 6.42 Å². The molecule has 2 nitrogen and oxygen atoms in total. The third-order valence-corrected chi connectivity index (χ3v) is 2.61. The van der Waals surface area contributed by atoms with Crippen LogP contribution in [-0.2, 0) is 4.79 Å². The molecular weight excluding hydrogens is 186 g/mol. The number of carbonyl (C=O) groups is 1. The molecule has 1 aliphatic rings. The van der Waals surface area contributed by atoms with Crippen LogP contribution in [0.1, 0.15) is 46.0 Å². The van der Waals surface area contributed by atoms with Gasteiger partial charge in [0.2, 0.25) is 5.91 Å². The zero-order valence-electron chi connectivity index (χ0n) is 9.78. The predicted octanol–water partition coefficient (Wildman–Crippen LogP) is 3.26. The Labute approximate surface area is 92.7 Å². The molecule has 0 aliphatic carbocycles. The van der Waals surface area contributed by atoms with E-state index in [1.807, 2.05) is 17.2 Å². The lowest BCUT2D eigenvalue weighted by Gasteiger charge is -2.17. The summed E-state index contributed by atoms with van der Waals surface area (Å²) in [5.41, 5.74) is 0. The molecule has 1 aliphatic heterocycles. The Kier molecular flexibility index (Phi) is 5.16. The van der Waals surface area contributed by atoms with Gasteiger partial charge in [-0.1, -0.05) is 38.5 Å². The maximum atomic E-state index is 11.6. The third kappa shape index (κ3) is 3.54. The second kappa shape index (κ2) is 6.44. The first-order valence-corrected chi connectivity index (χ1v) is 5.94. The van der Waals surface area contributed by atoms with E-state index in [2.05, 4.69) is 26.0 Å². The number of likely N-dealkylation sites (tertiary alicyclic amines) is 1. The Morgan fingerprint density at radius 2 is 2.20 bits per heavy atom. The molecule has 0 aromatic carbocycles. The van der Waals surface area contributed by atoms with Gasteiger partial charge in [-0.2, -0.15) is 0 Å². The van der Waals surface area contributed by atoms with E-state index in [0.29, 0.717) is 12.5 Å². The average molecular weight is 207 g/mol. The molecule has 1 atom stereocenters. The van der Waals surface area contributed by atoms with Crippen molar-refractivity contribution in [3.8, 4) is 0 Å². The van der Waals surface area contributed by atoms with Gasteiger partial charge in [-0.05, 0) is 19.3 Å². The first-order chi connectivity index (χ1) is 7.29. The van der Waals surface area contributed by atoms with Crippen LogP contribution in [0.2, 0.25) is 0 Å². The number of rotatable bonds is 5. The molecule has 2 heteroatoms. The van der Waals surface area contributed by atoms with Crippen LogP contribution in [0, 0.1) is 0 Å². The van der Waals surface area contributed by atoms with E-state index in [9.17, 15) is 4.79 Å². The van der Waals surface area contributed by atoms with Crippen LogP contribution in [0.3, 0.4) is 0 Å². The van der Waals surface area contributed by atoms with Gasteiger partial charge in [0.1, 0.15) is 0 Å². The van der Waals surface area contributed by atoms with E-state index in [-0.39, 0.29) is 5.91 Å². The van der Waals surface area contributed by atoms with Gasteiger partial charge in [0.05, 0.1) is 6.04 Å². The summed E-state index contributed by atoms with van der Waals surface area (Å²) in [6, 6.07) is 0.298. The summed E-state index contributed by atoms with van der Waals surface area (Å²) in [4.78, 5) is 13.4. The molecule has 1 saturated heterocycles. The lowest BCUT2D eigenvalue weighted by atomic mass is 10.2. The predicted molar refractivity (Wildman–Crippen MR) is 63.3 cm³/mol. The van der Waals surface area contributed by atoms with E-state index in [4.69, 9.17) is 0 Å². The summed E-state index contributed by atoms with van der Waals surface area (Å²) in [5.74, 6) is 0.255. The normalized spacial score (nSPS) is 22.4. The van der Waals surface area contributed by atoms with E-state index in [0.717, 1.165) is 19.3 Å². The molecular formula is C13H21NO. The minimum absolute atomic E-state index is 0.255. The Hall–Kier alpha value is -1.05. The molecule has 1 rings (SSSR count). The Balaban J connectivity index is 2.55. The molecule has 0 radical (unpaired) electrons. The Morgan fingerprint density at radius 1 is 1.40 bits per heavy atom. The van der Waals surface area contributed by atoms with Crippen molar-refractivity contribution in [1.82, 2.24) is 4.90 Å². The molecule has 0 saturated carbocycles. The zero-order chi connectivity index (χ0) is 11.1. The minimum Gasteiger partial charge on any atom is -0.313 e. The molecule has 0 N–H and O–H groups in total. The highest BCUT2D eigenvalue weighted by Gasteiger charge is 2.26. The van der Waals surface area contributed by atoms with Crippen LogP contribution in [-0.4, -0.2) is 16.8 Å². The molecule has 1 fully saturated rings. The number of allylic oxidation sites excluding steroid dienone is 2. The van der Waals surface area contributed by atoms with Crippen molar-refractivity contribution >= 4 is 5.91 Å². The van der Waals surface area contributed by atoms with E-state index in [1.54, 1.807) is 0 Å². The fourth-order valence-corrected chi connectivity index (χ4v) is 1.75. The second-order valence-electron chi connectivity index (χ2n) is 3.92. The lowest BCUT2D eigenvalue weighted by molar-refractivity contribution is -0.126. The smallest absolute Gasteiger partial charge is 0.227 e. The molecule has 0 aromatic rings. The first-order valence-electron chi connectivity index (χ1n) is 5.94. The molecule has 1 heterocycles. The third-order valence-electron chi connectivity index (χ3n) is 2.61. The van der Waals surface area contributed by atoms with Gasteiger partial charge >= 0.3 is 0 Å². The molecule has 0 spiro atoms. The van der Waals surface area contributed by atoms with Crippen LogP contribution < -0.4 is 0 Å². The maximum absolute atomic E-state index is 11.6. The number of carbonyl (C=O) groups excluding carboxylic acids is 1. The van der Waals surface area contributed by atoms with Gasteiger partial charge in [-0.3, -0.25) is 4.79 Å². The largest absolute Gasteiger partial charge is 0.313 e. The minimum atomic E-state index is 0.255. The molecule has 1 amide bonds. The van der Waals surface area contributed by atoms with Crippen LogP contribution in [0.5, 0.6) is 0 Å². The van der Waals surface area contributed by atoms with Gasteiger partial charge in [0.25, 0.3) is 0 Å². The van der Waals surface area contributed by atoms with Crippen molar-refractivity contribution in [3.05, 3.63) is 24.4 Å². The highest BCUT2D eigenvalue weighted by molar-refractivity contribution is 5.80. The summed E-state index contributed by atoms with van der Waals surface area (Å²) >= 11 is 0. The van der Waals surface area contributed by atoms with Gasteiger partial charge in [-0.15, -0.1) is 0 Å². The lowest BCUT2D eigenvalue weighted by Crippen LogP contribution is -2.25. The highest BCUT2D eigenvalue weighted by Crippen LogP contribution is 2.20. The Bertz CT molecular complexity index is 255. The van der Waals surface area contributed by atoms with Gasteiger partial charge in [0.15, 0.2) is 0 Å². The van der Waals surface area contributed by atoms with Crippen molar-refractivity contribution < 1.29 is 4.79 Å². The number of hydrogen-bond acceptors (Lipinski definition) is 1. The molecule has 0 aromatic heterocycles. The quantitative estimate of drug-likeness (QED) is 0.634. The van der Waals surface area contributed by atoms with Crippen LogP contribution in [0.25, 0.3) is 0 Å². The topological polar surface area (TPSA) is 20.3 Å². The summed E-state index contributed by atoms with van der Waals surface area (Å²) in [7, 11) is 0. The van der Waals surface area contributed by atoms with Crippen LogP contribution in [0.4, 0.5) is 0 Å². The number of amides is 1. The molecule has 15 heavy (non-hydrogen) atoms. The van der Waals surface area contributed by atoms with Gasteiger partial charge in [-0.25, -0.2) is 0 Å². The average Bonchev–Trinajstić information content (AvgIpc) is 2.58. The fourth-order valence-electron chi connectivity index (χ4n) is 1.75. The summed E-state index contributed by atoms with van der Waals surface area (Å²) in [6.45, 7) is 4.25.